The molecule has 2 N–H and O–H groups in total. The first-order chi connectivity index (χ1) is 13.7. The number of amides is 1. The summed E-state index contributed by atoms with van der Waals surface area (Å²) in [6.07, 6.45) is 1.44. The number of benzene rings is 2. The first kappa shape index (κ1) is 22.3. The zero-order valence-corrected chi connectivity index (χ0v) is 16.3. The molecule has 0 bridgehead atoms. The van der Waals surface area contributed by atoms with Crippen LogP contribution in [0.1, 0.15) is 15.9 Å². The van der Waals surface area contributed by atoms with Crippen molar-refractivity contribution in [3.05, 3.63) is 66.2 Å². The number of ether oxygens (including phenoxy) is 2. The summed E-state index contributed by atoms with van der Waals surface area (Å²) in [6, 6.07) is 10.1. The van der Waals surface area contributed by atoms with Gasteiger partial charge in [-0.25, -0.2) is 13.1 Å². The van der Waals surface area contributed by atoms with Gasteiger partial charge in [0.2, 0.25) is 10.0 Å². The molecule has 0 heterocycles. The van der Waals surface area contributed by atoms with Crippen molar-refractivity contribution in [1.29, 1.82) is 0 Å². The number of halogens is 2. The van der Waals surface area contributed by atoms with Crippen LogP contribution in [0.15, 0.2) is 55.1 Å². The van der Waals surface area contributed by atoms with Gasteiger partial charge < -0.3 is 14.8 Å². The standard InChI is InChI=1S/C19H20F2N2O5S/c1-3-10-22-29(25,26)12-13-4-7-15(8-5-13)23-18(24)14-6-9-16(27-2)17(11-14)28-19(20)21/h3-9,11,19,22H,1,10,12H2,2H3,(H,23,24). The van der Waals surface area contributed by atoms with E-state index in [9.17, 15) is 22.0 Å². The number of methoxy groups -OCH3 is 1. The number of hydrogen-bond donors (Lipinski definition) is 2. The summed E-state index contributed by atoms with van der Waals surface area (Å²) in [5.41, 5.74) is 1.01. The van der Waals surface area contributed by atoms with Gasteiger partial charge in [-0.3, -0.25) is 4.79 Å². The predicted octanol–water partition coefficient (Wildman–Crippen LogP) is 3.15. The number of anilines is 1. The maximum Gasteiger partial charge on any atom is 0.387 e. The molecule has 0 aliphatic rings. The van der Waals surface area contributed by atoms with Crippen LogP contribution in [0.5, 0.6) is 11.5 Å². The Bertz CT molecular complexity index is 963. The molecule has 0 spiro atoms. The number of carbonyl (C=O) groups is 1. The fourth-order valence-electron chi connectivity index (χ4n) is 2.35. The van der Waals surface area contributed by atoms with Crippen LogP contribution in [-0.4, -0.2) is 34.6 Å². The highest BCUT2D eigenvalue weighted by molar-refractivity contribution is 7.88. The highest BCUT2D eigenvalue weighted by atomic mass is 32.2. The molecule has 2 aromatic rings. The average Bonchev–Trinajstić information content (AvgIpc) is 2.67. The number of nitrogens with one attached hydrogen (secondary N) is 2. The molecule has 0 atom stereocenters. The van der Waals surface area contributed by atoms with E-state index in [0.29, 0.717) is 11.3 Å². The number of sulfonamides is 1. The topological polar surface area (TPSA) is 93.7 Å². The lowest BCUT2D eigenvalue weighted by molar-refractivity contribution is -0.0512. The molecule has 0 aliphatic heterocycles. The van der Waals surface area contributed by atoms with Gasteiger partial charge in [0.15, 0.2) is 11.5 Å². The summed E-state index contributed by atoms with van der Waals surface area (Å²) in [4.78, 5) is 12.4. The summed E-state index contributed by atoms with van der Waals surface area (Å²) in [5.74, 6) is -0.970. The summed E-state index contributed by atoms with van der Waals surface area (Å²) in [5, 5.41) is 2.60. The van der Waals surface area contributed by atoms with Gasteiger partial charge in [-0.05, 0) is 35.9 Å². The van der Waals surface area contributed by atoms with E-state index in [1.165, 1.54) is 37.5 Å². The number of hydrogen-bond acceptors (Lipinski definition) is 5. The average molecular weight is 426 g/mol. The van der Waals surface area contributed by atoms with Crippen LogP contribution in [0.2, 0.25) is 0 Å². The molecule has 7 nitrogen and oxygen atoms in total. The maximum atomic E-state index is 12.5. The summed E-state index contributed by atoms with van der Waals surface area (Å²) < 4.78 is 60.4. The molecule has 0 saturated heterocycles. The third-order valence-electron chi connectivity index (χ3n) is 3.66. The fraction of sp³-hybridized carbons (Fsp3) is 0.211. The molecule has 0 fully saturated rings. The maximum absolute atomic E-state index is 12.5. The zero-order chi connectivity index (χ0) is 21.4. The molecule has 1 amide bonds. The lowest BCUT2D eigenvalue weighted by Crippen LogP contribution is -2.25. The third-order valence-corrected chi connectivity index (χ3v) is 4.98. The van der Waals surface area contributed by atoms with Crippen LogP contribution >= 0.6 is 0 Å². The first-order valence-corrected chi connectivity index (χ1v) is 10.0. The normalized spacial score (nSPS) is 11.2. The second-order valence-electron chi connectivity index (χ2n) is 5.79. The summed E-state index contributed by atoms with van der Waals surface area (Å²) >= 11 is 0. The Morgan fingerprint density at radius 1 is 1.17 bits per heavy atom. The van der Waals surface area contributed by atoms with Gasteiger partial charge in [0.1, 0.15) is 0 Å². The Hall–Kier alpha value is -2.98. The molecule has 0 unspecified atom stereocenters. The molecule has 0 radical (unpaired) electrons. The van der Waals surface area contributed by atoms with E-state index in [0.717, 1.165) is 6.07 Å². The highest BCUT2D eigenvalue weighted by Crippen LogP contribution is 2.29. The van der Waals surface area contributed by atoms with Crippen LogP contribution in [0.4, 0.5) is 14.5 Å². The zero-order valence-electron chi connectivity index (χ0n) is 15.5. The smallest absolute Gasteiger partial charge is 0.387 e. The predicted molar refractivity (Wildman–Crippen MR) is 105 cm³/mol. The van der Waals surface area contributed by atoms with Crippen LogP contribution in [0.3, 0.4) is 0 Å². The Labute approximate surface area is 167 Å². The lowest BCUT2D eigenvalue weighted by Gasteiger charge is -2.12. The number of alkyl halides is 2. The van der Waals surface area contributed by atoms with E-state index in [4.69, 9.17) is 4.74 Å². The van der Waals surface area contributed by atoms with Crippen molar-refractivity contribution >= 4 is 21.6 Å². The van der Waals surface area contributed by atoms with Gasteiger partial charge in [0.05, 0.1) is 12.9 Å². The van der Waals surface area contributed by atoms with Crippen molar-refractivity contribution < 1.29 is 31.5 Å². The van der Waals surface area contributed by atoms with E-state index in [2.05, 4.69) is 21.4 Å². The van der Waals surface area contributed by atoms with Gasteiger partial charge >= 0.3 is 6.61 Å². The van der Waals surface area contributed by atoms with Crippen LogP contribution < -0.4 is 19.5 Å². The molecule has 10 heteroatoms. The number of carbonyl (C=O) groups excluding carboxylic acids is 1. The van der Waals surface area contributed by atoms with Crippen LogP contribution in [0, 0.1) is 0 Å². The Morgan fingerprint density at radius 2 is 1.86 bits per heavy atom. The van der Waals surface area contributed by atoms with Gasteiger partial charge in [-0.15, -0.1) is 6.58 Å². The monoisotopic (exact) mass is 426 g/mol. The quantitative estimate of drug-likeness (QED) is 0.570. The van der Waals surface area contributed by atoms with Crippen molar-refractivity contribution in [2.24, 2.45) is 0 Å². The second kappa shape index (κ2) is 9.99. The lowest BCUT2D eigenvalue weighted by atomic mass is 10.1. The molecule has 2 aromatic carbocycles. The molecule has 29 heavy (non-hydrogen) atoms. The second-order valence-corrected chi connectivity index (χ2v) is 7.60. The third kappa shape index (κ3) is 6.84. The molecule has 2 rings (SSSR count). The Morgan fingerprint density at radius 3 is 2.45 bits per heavy atom. The SMILES string of the molecule is C=CCNS(=O)(=O)Cc1ccc(NC(=O)c2ccc(OC)c(OC(F)F)c2)cc1. The van der Waals surface area contributed by atoms with Crippen molar-refractivity contribution in [3.8, 4) is 11.5 Å². The minimum atomic E-state index is -3.49. The largest absolute Gasteiger partial charge is 0.493 e. The minimum absolute atomic E-state index is 0.0671. The van der Waals surface area contributed by atoms with E-state index in [-0.39, 0.29) is 29.4 Å². The van der Waals surface area contributed by atoms with Crippen LogP contribution in [-0.2, 0) is 15.8 Å². The first-order valence-electron chi connectivity index (χ1n) is 8.35. The van der Waals surface area contributed by atoms with E-state index < -0.39 is 22.5 Å². The van der Waals surface area contributed by atoms with Crippen molar-refractivity contribution in [2.75, 3.05) is 19.0 Å². The van der Waals surface area contributed by atoms with Crippen molar-refractivity contribution in [2.45, 2.75) is 12.4 Å². The molecule has 0 aliphatic carbocycles. The van der Waals surface area contributed by atoms with Gasteiger partial charge in [-0.1, -0.05) is 18.2 Å². The molecular formula is C19H20F2N2O5S. The minimum Gasteiger partial charge on any atom is -0.493 e. The van der Waals surface area contributed by atoms with E-state index in [1.807, 2.05) is 0 Å². The molecule has 0 aromatic heterocycles. The highest BCUT2D eigenvalue weighted by Gasteiger charge is 2.15. The van der Waals surface area contributed by atoms with E-state index in [1.54, 1.807) is 12.1 Å². The van der Waals surface area contributed by atoms with Crippen molar-refractivity contribution in [3.63, 3.8) is 0 Å². The molecular weight excluding hydrogens is 406 g/mol. The summed E-state index contributed by atoms with van der Waals surface area (Å²) in [6.45, 7) is 0.516. The van der Waals surface area contributed by atoms with Gasteiger partial charge in [-0.2, -0.15) is 8.78 Å². The van der Waals surface area contributed by atoms with Gasteiger partial charge in [0, 0.05) is 17.8 Å². The Kier molecular flexibility index (Phi) is 7.68. The Balaban J connectivity index is 2.08. The fourth-order valence-corrected chi connectivity index (χ4v) is 3.46. The van der Waals surface area contributed by atoms with Crippen LogP contribution in [0.25, 0.3) is 0 Å². The van der Waals surface area contributed by atoms with Gasteiger partial charge in [0.25, 0.3) is 5.91 Å². The summed E-state index contributed by atoms with van der Waals surface area (Å²) in [7, 11) is -2.20. The van der Waals surface area contributed by atoms with Crippen molar-refractivity contribution in [1.82, 2.24) is 4.72 Å². The number of rotatable bonds is 10. The van der Waals surface area contributed by atoms with E-state index >= 15 is 0 Å². The molecule has 0 saturated carbocycles. The molecule has 156 valence electrons.